The van der Waals surface area contributed by atoms with Crippen LogP contribution in [0.25, 0.3) is 0 Å². The number of oxazole rings is 1. The predicted molar refractivity (Wildman–Crippen MR) is 87.7 cm³/mol. The molecular weight excluding hydrogens is 309 g/mol. The maximum absolute atomic E-state index is 13.1. The number of rotatable bonds is 5. The molecular formula is C18H22FN3O2. The molecule has 24 heavy (non-hydrogen) atoms. The van der Waals surface area contributed by atoms with Crippen LogP contribution in [0.1, 0.15) is 41.7 Å². The number of amides is 1. The topological polar surface area (TPSA) is 58.4 Å². The van der Waals surface area contributed by atoms with Gasteiger partial charge in [-0.3, -0.25) is 9.69 Å². The van der Waals surface area contributed by atoms with Crippen molar-refractivity contribution in [2.75, 3.05) is 13.1 Å². The molecule has 1 aromatic carbocycles. The van der Waals surface area contributed by atoms with Crippen LogP contribution < -0.4 is 5.32 Å². The van der Waals surface area contributed by atoms with Crippen LogP contribution in [0.2, 0.25) is 0 Å². The number of halogens is 1. The van der Waals surface area contributed by atoms with Gasteiger partial charge in [-0.05, 0) is 49.5 Å². The summed E-state index contributed by atoms with van der Waals surface area (Å²) in [6.07, 6.45) is 3.74. The number of carbonyl (C=O) groups is 1. The number of likely N-dealkylation sites (tertiary alicyclic amines) is 1. The number of piperidine rings is 1. The van der Waals surface area contributed by atoms with Gasteiger partial charge in [-0.15, -0.1) is 0 Å². The minimum atomic E-state index is -0.318. The third-order valence-corrected chi connectivity index (χ3v) is 4.36. The Kier molecular flexibility index (Phi) is 5.25. The van der Waals surface area contributed by atoms with Crippen LogP contribution in [0, 0.1) is 11.7 Å². The Labute approximate surface area is 140 Å². The minimum Gasteiger partial charge on any atom is -0.447 e. The fourth-order valence-electron chi connectivity index (χ4n) is 2.82. The van der Waals surface area contributed by atoms with Gasteiger partial charge in [-0.1, -0.05) is 19.1 Å². The van der Waals surface area contributed by atoms with Crippen molar-refractivity contribution in [3.63, 3.8) is 0 Å². The normalized spacial score (nSPS) is 16.2. The summed E-state index contributed by atoms with van der Waals surface area (Å²) < 4.78 is 18.5. The molecule has 0 atom stereocenters. The molecule has 1 aliphatic heterocycles. The molecule has 2 aromatic rings. The van der Waals surface area contributed by atoms with Crippen LogP contribution in [0.15, 0.2) is 34.9 Å². The minimum absolute atomic E-state index is 0.253. The largest absolute Gasteiger partial charge is 0.447 e. The van der Waals surface area contributed by atoms with E-state index in [2.05, 4.69) is 22.1 Å². The molecule has 1 fully saturated rings. The maximum Gasteiger partial charge on any atom is 0.273 e. The third-order valence-electron chi connectivity index (χ3n) is 4.36. The Balaban J connectivity index is 1.52. The fourth-order valence-corrected chi connectivity index (χ4v) is 2.82. The second-order valence-corrected chi connectivity index (χ2v) is 6.40. The van der Waals surface area contributed by atoms with Gasteiger partial charge in [-0.2, -0.15) is 0 Å². The lowest BCUT2D eigenvalue weighted by Crippen LogP contribution is -2.32. The highest BCUT2D eigenvalue weighted by Crippen LogP contribution is 2.18. The van der Waals surface area contributed by atoms with E-state index in [9.17, 15) is 9.18 Å². The number of hydrogen-bond acceptors (Lipinski definition) is 4. The van der Waals surface area contributed by atoms with Crippen molar-refractivity contribution in [1.82, 2.24) is 15.2 Å². The van der Waals surface area contributed by atoms with E-state index in [1.165, 1.54) is 31.2 Å². The molecule has 0 bridgehead atoms. The van der Waals surface area contributed by atoms with Crippen molar-refractivity contribution in [3.05, 3.63) is 53.5 Å². The smallest absolute Gasteiger partial charge is 0.273 e. The average molecular weight is 331 g/mol. The van der Waals surface area contributed by atoms with Crippen molar-refractivity contribution >= 4 is 5.91 Å². The summed E-state index contributed by atoms with van der Waals surface area (Å²) in [7, 11) is 0. The Morgan fingerprint density at radius 2 is 2.21 bits per heavy atom. The molecule has 1 saturated heterocycles. The SMILES string of the molecule is CC1CCN(Cc2nc(C(=O)NCc3cccc(F)c3)co2)CC1. The van der Waals surface area contributed by atoms with Gasteiger partial charge in [-0.25, -0.2) is 9.37 Å². The molecule has 128 valence electrons. The predicted octanol–water partition coefficient (Wildman–Crippen LogP) is 2.98. The van der Waals surface area contributed by atoms with Crippen molar-refractivity contribution in [2.24, 2.45) is 5.92 Å². The summed E-state index contributed by atoms with van der Waals surface area (Å²) in [5.74, 6) is 0.693. The summed E-state index contributed by atoms with van der Waals surface area (Å²) in [6.45, 7) is 5.21. The molecule has 1 amide bonds. The van der Waals surface area contributed by atoms with E-state index in [1.54, 1.807) is 12.1 Å². The molecule has 0 unspecified atom stereocenters. The first-order valence-corrected chi connectivity index (χ1v) is 8.29. The lowest BCUT2D eigenvalue weighted by molar-refractivity contribution is 0.0945. The maximum atomic E-state index is 13.1. The number of hydrogen-bond donors (Lipinski definition) is 1. The van der Waals surface area contributed by atoms with Crippen molar-refractivity contribution in [2.45, 2.75) is 32.9 Å². The van der Waals surface area contributed by atoms with Crippen molar-refractivity contribution < 1.29 is 13.6 Å². The second-order valence-electron chi connectivity index (χ2n) is 6.40. The summed E-state index contributed by atoms with van der Waals surface area (Å²) >= 11 is 0. The van der Waals surface area contributed by atoms with Gasteiger partial charge in [0.2, 0.25) is 5.89 Å². The Hall–Kier alpha value is -2.21. The van der Waals surface area contributed by atoms with Gasteiger partial charge < -0.3 is 9.73 Å². The van der Waals surface area contributed by atoms with Crippen LogP contribution in [-0.4, -0.2) is 28.9 Å². The average Bonchev–Trinajstić information content (AvgIpc) is 3.03. The number of nitrogens with zero attached hydrogens (tertiary/aromatic N) is 2. The number of benzene rings is 1. The molecule has 6 heteroatoms. The van der Waals surface area contributed by atoms with Crippen LogP contribution in [-0.2, 0) is 13.1 Å². The Bertz CT molecular complexity index is 693. The van der Waals surface area contributed by atoms with Gasteiger partial charge >= 0.3 is 0 Å². The molecule has 0 radical (unpaired) electrons. The molecule has 1 aliphatic rings. The molecule has 0 aliphatic carbocycles. The highest BCUT2D eigenvalue weighted by atomic mass is 19.1. The summed E-state index contributed by atoms with van der Waals surface area (Å²) in [5, 5.41) is 2.72. The zero-order valence-corrected chi connectivity index (χ0v) is 13.8. The summed E-state index contributed by atoms with van der Waals surface area (Å²) in [4.78, 5) is 18.7. The second kappa shape index (κ2) is 7.57. The zero-order chi connectivity index (χ0) is 16.9. The van der Waals surface area contributed by atoms with Gasteiger partial charge in [0.25, 0.3) is 5.91 Å². The lowest BCUT2D eigenvalue weighted by Gasteiger charge is -2.28. The van der Waals surface area contributed by atoms with Gasteiger partial charge in [0.1, 0.15) is 12.1 Å². The highest BCUT2D eigenvalue weighted by Gasteiger charge is 2.19. The molecule has 0 saturated carbocycles. The fraction of sp³-hybridized carbons (Fsp3) is 0.444. The van der Waals surface area contributed by atoms with Gasteiger partial charge in [0.15, 0.2) is 5.69 Å². The van der Waals surface area contributed by atoms with Gasteiger partial charge in [0.05, 0.1) is 6.54 Å². The third kappa shape index (κ3) is 4.41. The van der Waals surface area contributed by atoms with Crippen molar-refractivity contribution in [1.29, 1.82) is 0 Å². The molecule has 1 N–H and O–H groups in total. The van der Waals surface area contributed by atoms with E-state index >= 15 is 0 Å². The molecule has 0 spiro atoms. The molecule has 1 aromatic heterocycles. The molecule has 5 nitrogen and oxygen atoms in total. The number of aromatic nitrogens is 1. The summed E-state index contributed by atoms with van der Waals surface area (Å²) in [6, 6.07) is 6.14. The Morgan fingerprint density at radius 3 is 2.96 bits per heavy atom. The monoisotopic (exact) mass is 331 g/mol. The quantitative estimate of drug-likeness (QED) is 0.915. The Morgan fingerprint density at radius 1 is 1.42 bits per heavy atom. The van der Waals surface area contributed by atoms with E-state index in [0.717, 1.165) is 19.0 Å². The highest BCUT2D eigenvalue weighted by molar-refractivity contribution is 5.91. The van der Waals surface area contributed by atoms with Crippen molar-refractivity contribution in [3.8, 4) is 0 Å². The van der Waals surface area contributed by atoms with E-state index in [1.807, 2.05) is 0 Å². The van der Waals surface area contributed by atoms with E-state index in [4.69, 9.17) is 4.42 Å². The first-order valence-electron chi connectivity index (χ1n) is 8.29. The van der Waals surface area contributed by atoms with E-state index in [-0.39, 0.29) is 24.0 Å². The van der Waals surface area contributed by atoms with Crippen LogP contribution >= 0.6 is 0 Å². The van der Waals surface area contributed by atoms with Gasteiger partial charge in [0, 0.05) is 6.54 Å². The first kappa shape index (κ1) is 16.6. The first-order chi connectivity index (χ1) is 11.6. The van der Waals surface area contributed by atoms with Crippen LogP contribution in [0.3, 0.4) is 0 Å². The van der Waals surface area contributed by atoms with E-state index in [0.29, 0.717) is 18.0 Å². The number of nitrogens with one attached hydrogen (secondary N) is 1. The lowest BCUT2D eigenvalue weighted by atomic mass is 9.99. The zero-order valence-electron chi connectivity index (χ0n) is 13.8. The standard InChI is InChI=1S/C18H22FN3O2/c1-13-5-7-22(8-6-13)11-17-21-16(12-24-17)18(23)20-10-14-3-2-4-15(19)9-14/h2-4,9,12-13H,5-8,10-11H2,1H3,(H,20,23). The molecule has 3 rings (SSSR count). The van der Waals surface area contributed by atoms with E-state index < -0.39 is 0 Å². The van der Waals surface area contributed by atoms with Crippen LogP contribution in [0.4, 0.5) is 4.39 Å². The number of carbonyl (C=O) groups excluding carboxylic acids is 1. The summed E-state index contributed by atoms with van der Waals surface area (Å²) in [5.41, 5.74) is 0.960. The molecule has 2 heterocycles. The van der Waals surface area contributed by atoms with Crippen LogP contribution in [0.5, 0.6) is 0 Å².